The predicted octanol–water partition coefficient (Wildman–Crippen LogP) is 4.64. The molecule has 0 radical (unpaired) electrons. The van der Waals surface area contributed by atoms with Crippen molar-refractivity contribution in [3.8, 4) is 0 Å². The Balaban J connectivity index is 0.830. The van der Waals surface area contributed by atoms with Crippen molar-refractivity contribution < 1.29 is 70.3 Å². The van der Waals surface area contributed by atoms with Crippen LogP contribution in [0.5, 0.6) is 0 Å². The van der Waals surface area contributed by atoms with Gasteiger partial charge in [0, 0.05) is 13.1 Å². The summed E-state index contributed by atoms with van der Waals surface area (Å²) in [6, 6.07) is 17.8. The molecule has 4 aliphatic rings. The van der Waals surface area contributed by atoms with Crippen molar-refractivity contribution in [2.75, 3.05) is 36.9 Å². The standard InChI is InChI=1S/C44H48N12O15P2/c1-3-45-43(57)53-37-31-39(49-21-47-37)55(23-51-31)41-35-33(67-29(69-35)17-15-25-11-7-5-8-12-25)27(65-41)19-63-72(59,60)71-73(61,62)64-20-28-34-36(70-30(68-34)18-16-26-13-9-6-10-14-26)42(66-28)56-24-52-32-38(48-22-50-40(32)56)54-44(58)46-4-2/h5-18,21-24,27-30,33-36,41-42H,3-4,19-20H2,1-2H3,(H,59,60)(H,61,62)(H2,45,47,49,53,57)(H2,46,48,50,54,58)/b17-15+,18-16+/t27-,28-,29-,30+,33?,34?,35?,36-,41-,42-/m1/s1. The van der Waals surface area contributed by atoms with Gasteiger partial charge in [-0.2, -0.15) is 4.31 Å². The molecular weight excluding hydrogens is 999 g/mol. The fourth-order valence-corrected chi connectivity index (χ4v) is 10.6. The van der Waals surface area contributed by atoms with Gasteiger partial charge in [-0.15, -0.1) is 0 Å². The van der Waals surface area contributed by atoms with E-state index in [2.05, 4.69) is 51.2 Å². The molecule has 4 amide bonds. The van der Waals surface area contributed by atoms with Gasteiger partial charge in [-0.3, -0.25) is 28.8 Å². The Bertz CT molecular complexity index is 2890. The number of carbonyl (C=O) groups is 2. The average Bonchev–Trinajstić information content (AvgIpc) is 4.24. The summed E-state index contributed by atoms with van der Waals surface area (Å²) < 4.78 is 83.1. The molecule has 10 rings (SSSR count). The molecule has 4 aliphatic heterocycles. The maximum absolute atomic E-state index is 13.5. The van der Waals surface area contributed by atoms with Crippen LogP contribution in [0.1, 0.15) is 37.4 Å². The smallest absolute Gasteiger partial charge is 0.347 e. The topological polar surface area (TPSA) is 327 Å². The van der Waals surface area contributed by atoms with Gasteiger partial charge in [0.25, 0.3) is 0 Å². The van der Waals surface area contributed by atoms with Crippen LogP contribution in [0.2, 0.25) is 0 Å². The minimum Gasteiger partial charge on any atom is -0.347 e. The van der Waals surface area contributed by atoms with E-state index in [-0.39, 0.29) is 34.0 Å². The third-order valence-corrected chi connectivity index (χ3v) is 14.2. The van der Waals surface area contributed by atoms with E-state index in [0.29, 0.717) is 13.1 Å². The molecule has 27 nitrogen and oxygen atoms in total. The van der Waals surface area contributed by atoms with Gasteiger partial charge in [-0.05, 0) is 37.1 Å². The lowest BCUT2D eigenvalue weighted by molar-refractivity contribution is -0.133. The van der Waals surface area contributed by atoms with Crippen molar-refractivity contribution >= 4 is 73.8 Å². The predicted molar refractivity (Wildman–Crippen MR) is 255 cm³/mol. The van der Waals surface area contributed by atoms with Crippen LogP contribution in [0.3, 0.4) is 0 Å². The summed E-state index contributed by atoms with van der Waals surface area (Å²) in [4.78, 5) is 72.4. The van der Waals surface area contributed by atoms with Gasteiger partial charge in [-0.1, -0.05) is 72.8 Å². The quantitative estimate of drug-likeness (QED) is 0.0638. The molecule has 0 bridgehead atoms. The van der Waals surface area contributed by atoms with Gasteiger partial charge in [0.1, 0.15) is 49.3 Å². The second-order valence-electron chi connectivity index (χ2n) is 16.5. The highest BCUT2D eigenvalue weighted by Crippen LogP contribution is 2.61. The maximum atomic E-state index is 13.5. The van der Waals surface area contributed by atoms with Crippen LogP contribution in [0, 0.1) is 0 Å². The lowest BCUT2D eigenvalue weighted by Crippen LogP contribution is -2.32. The van der Waals surface area contributed by atoms with Crippen LogP contribution in [0.15, 0.2) is 98.1 Å². The number of phosphoric ester groups is 2. The number of anilines is 2. The number of nitrogens with one attached hydrogen (secondary N) is 4. The van der Waals surface area contributed by atoms with Crippen molar-refractivity contribution in [1.82, 2.24) is 49.7 Å². The fraction of sp³-hybridized carbons (Fsp3) is 0.364. The number of nitrogens with zero attached hydrogens (tertiary/aromatic N) is 8. The minimum absolute atomic E-state index is 0.123. The summed E-state index contributed by atoms with van der Waals surface area (Å²) in [5.41, 5.74) is 2.69. The molecule has 12 atom stereocenters. The van der Waals surface area contributed by atoms with Gasteiger partial charge >= 0.3 is 27.7 Å². The zero-order valence-corrected chi connectivity index (χ0v) is 40.5. The molecule has 6 aromatic rings. The van der Waals surface area contributed by atoms with Crippen LogP contribution in [0.4, 0.5) is 21.2 Å². The minimum atomic E-state index is -5.43. The number of hydrogen-bond donors (Lipinski definition) is 6. The number of hydrogen-bond acceptors (Lipinski definition) is 19. The highest BCUT2D eigenvalue weighted by molar-refractivity contribution is 7.61. The number of imidazole rings is 2. The average molecular weight is 1050 g/mol. The number of ether oxygens (including phenoxy) is 6. The molecule has 6 N–H and O–H groups in total. The SMILES string of the molecule is CCNC(=O)Nc1ncnc2c1ncn2[C@@H]1O[C@H](COP(=O)(O)OP(=O)(O)OC[C@H]2O[C@@H](n3cnc4c(NC(=O)NCC)ncnc43)[C@@H]3O[C@@H](/C=C/c4ccccc4)OC32)C2O[C@@H](/C=C/c3ccccc3)OC21. The van der Waals surface area contributed by atoms with Crippen LogP contribution >= 0.6 is 15.6 Å². The number of fused-ring (bicyclic) bond motifs is 4. The molecule has 0 saturated carbocycles. The summed E-state index contributed by atoms with van der Waals surface area (Å²) in [7, 11) is -10.9. The first kappa shape index (κ1) is 50.1. The fourth-order valence-electron chi connectivity index (χ4n) is 8.52. The van der Waals surface area contributed by atoms with Crippen LogP contribution in [0.25, 0.3) is 34.5 Å². The molecule has 73 heavy (non-hydrogen) atoms. The lowest BCUT2D eigenvalue weighted by Gasteiger charge is -2.22. The first-order valence-electron chi connectivity index (χ1n) is 22.9. The third kappa shape index (κ3) is 11.2. The molecule has 8 heterocycles. The van der Waals surface area contributed by atoms with Gasteiger partial charge in [-0.25, -0.2) is 48.6 Å². The van der Waals surface area contributed by atoms with E-state index in [1.54, 1.807) is 38.2 Å². The molecule has 4 aromatic heterocycles. The van der Waals surface area contributed by atoms with E-state index in [0.717, 1.165) is 11.1 Å². The highest BCUT2D eigenvalue weighted by atomic mass is 31.3. The van der Waals surface area contributed by atoms with Gasteiger partial charge < -0.3 is 48.8 Å². The number of rotatable bonds is 18. The Labute approximate surface area is 414 Å². The number of phosphoric acid groups is 2. The maximum Gasteiger partial charge on any atom is 0.481 e. The summed E-state index contributed by atoms with van der Waals surface area (Å²) in [5.74, 6) is 0.246. The Morgan fingerprint density at radius 1 is 0.603 bits per heavy atom. The number of benzene rings is 2. The second kappa shape index (κ2) is 21.6. The molecule has 0 spiro atoms. The molecule has 384 valence electrons. The van der Waals surface area contributed by atoms with Crippen molar-refractivity contribution in [2.45, 2.75) is 75.5 Å². The normalized spacial score (nSPS) is 27.3. The summed E-state index contributed by atoms with van der Waals surface area (Å²) >= 11 is 0. The monoisotopic (exact) mass is 1050 g/mol. The van der Waals surface area contributed by atoms with Gasteiger partial charge in [0.15, 0.2) is 59.0 Å². The van der Waals surface area contributed by atoms with Gasteiger partial charge in [0.05, 0.1) is 25.9 Å². The van der Waals surface area contributed by atoms with E-state index < -0.39 is 103 Å². The lowest BCUT2D eigenvalue weighted by atomic mass is 10.1. The van der Waals surface area contributed by atoms with E-state index in [1.807, 2.05) is 60.7 Å². The molecular formula is C44H48N12O15P2. The number of urea groups is 2. The van der Waals surface area contributed by atoms with Crippen molar-refractivity contribution in [3.05, 3.63) is 109 Å². The van der Waals surface area contributed by atoms with Crippen LogP contribution in [-0.4, -0.2) is 136 Å². The van der Waals surface area contributed by atoms with Crippen LogP contribution in [-0.2, 0) is 50.9 Å². The van der Waals surface area contributed by atoms with Crippen molar-refractivity contribution in [2.24, 2.45) is 0 Å². The van der Waals surface area contributed by atoms with Crippen LogP contribution < -0.4 is 21.3 Å². The second-order valence-corrected chi connectivity index (χ2v) is 19.5. The molecule has 2 aromatic carbocycles. The Kier molecular flexibility index (Phi) is 14.8. The van der Waals surface area contributed by atoms with E-state index >= 15 is 0 Å². The molecule has 5 unspecified atom stereocenters. The molecule has 4 saturated heterocycles. The first-order valence-corrected chi connectivity index (χ1v) is 25.8. The largest absolute Gasteiger partial charge is 0.481 e. The zero-order valence-electron chi connectivity index (χ0n) is 38.7. The molecule has 0 aliphatic carbocycles. The Morgan fingerprint density at radius 2 is 1.01 bits per heavy atom. The summed E-state index contributed by atoms with van der Waals surface area (Å²) in [6.07, 6.45) is 2.42. The highest BCUT2D eigenvalue weighted by Gasteiger charge is 2.56. The van der Waals surface area contributed by atoms with Crippen molar-refractivity contribution in [1.29, 1.82) is 0 Å². The van der Waals surface area contributed by atoms with Gasteiger partial charge in [0.2, 0.25) is 0 Å². The van der Waals surface area contributed by atoms with E-state index in [4.69, 9.17) is 41.8 Å². The summed E-state index contributed by atoms with van der Waals surface area (Å²) in [5, 5.41) is 10.5. The Hall–Kier alpha value is -6.42. The third-order valence-electron chi connectivity index (χ3n) is 11.6. The zero-order chi connectivity index (χ0) is 50.7. The van der Waals surface area contributed by atoms with E-state index in [1.165, 1.54) is 34.4 Å². The number of amides is 4. The molecule has 29 heteroatoms. The van der Waals surface area contributed by atoms with Crippen molar-refractivity contribution in [3.63, 3.8) is 0 Å². The number of aromatic nitrogens is 8. The number of carbonyl (C=O) groups excluding carboxylic acids is 2. The first-order chi connectivity index (χ1) is 35.3. The summed E-state index contributed by atoms with van der Waals surface area (Å²) in [6.45, 7) is 2.83. The Morgan fingerprint density at radius 3 is 1.42 bits per heavy atom. The molecule has 4 fully saturated rings. The van der Waals surface area contributed by atoms with E-state index in [9.17, 15) is 28.5 Å².